The SMILES string of the molecule is O=C(CNC(=O)c1ccccc1Cl)NNC(=O)c1ccc(-c2ccc(F)cc2)s1. The van der Waals surface area contributed by atoms with Crippen molar-refractivity contribution in [1.29, 1.82) is 0 Å². The van der Waals surface area contributed by atoms with Crippen LogP contribution < -0.4 is 16.2 Å². The second-order valence-electron chi connectivity index (χ2n) is 5.84. The van der Waals surface area contributed by atoms with Crippen LogP contribution in [0.5, 0.6) is 0 Å². The molecule has 0 aliphatic heterocycles. The highest BCUT2D eigenvalue weighted by Crippen LogP contribution is 2.28. The number of carbonyl (C=O) groups is 3. The van der Waals surface area contributed by atoms with Gasteiger partial charge in [-0.05, 0) is 42.0 Å². The molecule has 0 saturated carbocycles. The quantitative estimate of drug-likeness (QED) is 0.541. The first-order valence-corrected chi connectivity index (χ1v) is 9.61. The first-order chi connectivity index (χ1) is 13.9. The molecule has 1 aromatic heterocycles. The maximum absolute atomic E-state index is 13.0. The van der Waals surface area contributed by atoms with E-state index >= 15 is 0 Å². The van der Waals surface area contributed by atoms with Crippen molar-refractivity contribution in [3.05, 3.63) is 81.9 Å². The minimum atomic E-state index is -0.603. The fraction of sp³-hybridized carbons (Fsp3) is 0.0500. The molecule has 6 nitrogen and oxygen atoms in total. The van der Waals surface area contributed by atoms with Gasteiger partial charge < -0.3 is 5.32 Å². The van der Waals surface area contributed by atoms with Crippen molar-refractivity contribution in [3.8, 4) is 10.4 Å². The van der Waals surface area contributed by atoms with Crippen molar-refractivity contribution in [3.63, 3.8) is 0 Å². The summed E-state index contributed by atoms with van der Waals surface area (Å²) in [6, 6.07) is 15.7. The lowest BCUT2D eigenvalue weighted by Crippen LogP contribution is -2.46. The Morgan fingerprint density at radius 2 is 1.62 bits per heavy atom. The van der Waals surface area contributed by atoms with Crippen LogP contribution in [0.15, 0.2) is 60.7 Å². The van der Waals surface area contributed by atoms with E-state index in [1.54, 1.807) is 42.5 Å². The van der Waals surface area contributed by atoms with E-state index in [-0.39, 0.29) is 22.9 Å². The molecule has 0 saturated heterocycles. The fourth-order valence-corrected chi connectivity index (χ4v) is 3.49. The molecule has 0 aliphatic carbocycles. The van der Waals surface area contributed by atoms with Crippen LogP contribution in [0.1, 0.15) is 20.0 Å². The summed E-state index contributed by atoms with van der Waals surface area (Å²) in [5, 5.41) is 2.69. The number of nitrogens with one attached hydrogen (secondary N) is 3. The van der Waals surface area contributed by atoms with Gasteiger partial charge in [0.1, 0.15) is 5.82 Å². The number of hydrazine groups is 1. The third-order valence-corrected chi connectivity index (χ3v) is 5.26. The second-order valence-corrected chi connectivity index (χ2v) is 7.33. The Labute approximate surface area is 174 Å². The zero-order valence-electron chi connectivity index (χ0n) is 14.9. The topological polar surface area (TPSA) is 87.3 Å². The maximum atomic E-state index is 13.0. The molecule has 0 bridgehead atoms. The zero-order chi connectivity index (χ0) is 20.8. The minimum absolute atomic E-state index is 0.248. The highest BCUT2D eigenvalue weighted by Gasteiger charge is 2.13. The van der Waals surface area contributed by atoms with Gasteiger partial charge in [-0.3, -0.25) is 25.2 Å². The standard InChI is InChI=1S/C20H15ClFN3O3S/c21-15-4-2-1-3-14(15)19(27)23-11-18(26)24-25-20(28)17-10-9-16(29-17)12-5-7-13(22)8-6-12/h1-10H,11H2,(H,23,27)(H,24,26)(H,25,28). The number of hydrogen-bond acceptors (Lipinski definition) is 4. The van der Waals surface area contributed by atoms with Crippen LogP contribution in [0.25, 0.3) is 10.4 Å². The van der Waals surface area contributed by atoms with Crippen LogP contribution in [0.2, 0.25) is 5.02 Å². The van der Waals surface area contributed by atoms with Gasteiger partial charge in [0.05, 0.1) is 22.0 Å². The van der Waals surface area contributed by atoms with Gasteiger partial charge in [0.15, 0.2) is 0 Å². The molecule has 3 aromatic rings. The van der Waals surface area contributed by atoms with Gasteiger partial charge in [-0.2, -0.15) is 0 Å². The Kier molecular flexibility index (Phi) is 6.58. The Bertz CT molecular complexity index is 1050. The number of amides is 3. The van der Waals surface area contributed by atoms with Crippen LogP contribution in [0.4, 0.5) is 4.39 Å². The molecule has 3 N–H and O–H groups in total. The van der Waals surface area contributed by atoms with Crippen LogP contribution in [-0.4, -0.2) is 24.3 Å². The number of carbonyl (C=O) groups excluding carboxylic acids is 3. The highest BCUT2D eigenvalue weighted by atomic mass is 35.5. The molecule has 9 heteroatoms. The van der Waals surface area contributed by atoms with Crippen molar-refractivity contribution in [2.24, 2.45) is 0 Å². The number of hydrogen-bond donors (Lipinski definition) is 3. The average Bonchev–Trinajstić information content (AvgIpc) is 3.21. The van der Waals surface area contributed by atoms with Crippen LogP contribution in [-0.2, 0) is 4.79 Å². The van der Waals surface area contributed by atoms with E-state index in [4.69, 9.17) is 11.6 Å². The predicted octanol–water partition coefficient (Wildman–Crippen LogP) is 3.40. The first-order valence-electron chi connectivity index (χ1n) is 8.42. The molecule has 29 heavy (non-hydrogen) atoms. The fourth-order valence-electron chi connectivity index (χ4n) is 2.36. The van der Waals surface area contributed by atoms with Gasteiger partial charge in [0.2, 0.25) is 0 Å². The van der Waals surface area contributed by atoms with Crippen molar-refractivity contribution in [1.82, 2.24) is 16.2 Å². The predicted molar refractivity (Wildman–Crippen MR) is 109 cm³/mol. The molecule has 0 atom stereocenters. The summed E-state index contributed by atoms with van der Waals surface area (Å²) in [5.41, 5.74) is 5.54. The Hall–Kier alpha value is -3.23. The average molecular weight is 432 g/mol. The van der Waals surface area contributed by atoms with Gasteiger partial charge in [0, 0.05) is 4.88 Å². The molecule has 0 spiro atoms. The lowest BCUT2D eigenvalue weighted by Gasteiger charge is -2.08. The normalized spacial score (nSPS) is 10.3. The van der Waals surface area contributed by atoms with E-state index in [9.17, 15) is 18.8 Å². The summed E-state index contributed by atoms with van der Waals surface area (Å²) in [6.07, 6.45) is 0. The summed E-state index contributed by atoms with van der Waals surface area (Å²) >= 11 is 7.12. The summed E-state index contributed by atoms with van der Waals surface area (Å²) in [4.78, 5) is 37.2. The lowest BCUT2D eigenvalue weighted by molar-refractivity contribution is -0.120. The Morgan fingerprint density at radius 3 is 2.34 bits per heavy atom. The third kappa shape index (κ3) is 5.40. The molecule has 0 unspecified atom stereocenters. The van der Waals surface area contributed by atoms with E-state index in [2.05, 4.69) is 16.2 Å². The molecule has 0 aliphatic rings. The zero-order valence-corrected chi connectivity index (χ0v) is 16.4. The first kappa shape index (κ1) is 20.5. The molecule has 2 aromatic carbocycles. The van der Waals surface area contributed by atoms with E-state index in [1.165, 1.54) is 29.5 Å². The van der Waals surface area contributed by atoms with Gasteiger partial charge in [-0.15, -0.1) is 11.3 Å². The number of rotatable bonds is 5. The Balaban J connectivity index is 1.49. The van der Waals surface area contributed by atoms with Crippen molar-refractivity contribution >= 4 is 40.7 Å². The monoisotopic (exact) mass is 431 g/mol. The molecular weight excluding hydrogens is 417 g/mol. The van der Waals surface area contributed by atoms with Crippen LogP contribution in [0, 0.1) is 5.82 Å². The summed E-state index contributed by atoms with van der Waals surface area (Å²) < 4.78 is 13.0. The van der Waals surface area contributed by atoms with E-state index in [0.29, 0.717) is 4.88 Å². The minimum Gasteiger partial charge on any atom is -0.343 e. The van der Waals surface area contributed by atoms with Gasteiger partial charge in [-0.25, -0.2) is 4.39 Å². The summed E-state index contributed by atoms with van der Waals surface area (Å²) in [5.74, 6) is -1.95. The van der Waals surface area contributed by atoms with Crippen LogP contribution in [0.3, 0.4) is 0 Å². The van der Waals surface area contributed by atoms with Gasteiger partial charge in [-0.1, -0.05) is 35.9 Å². The third-order valence-electron chi connectivity index (χ3n) is 3.80. The molecule has 3 rings (SSSR count). The number of thiophene rings is 1. The maximum Gasteiger partial charge on any atom is 0.279 e. The summed E-state index contributed by atoms with van der Waals surface area (Å²) in [7, 11) is 0. The molecule has 0 fully saturated rings. The van der Waals surface area contributed by atoms with Crippen LogP contribution >= 0.6 is 22.9 Å². The number of halogens is 2. The largest absolute Gasteiger partial charge is 0.343 e. The lowest BCUT2D eigenvalue weighted by atomic mass is 10.2. The molecule has 3 amide bonds. The van der Waals surface area contributed by atoms with Crippen molar-refractivity contribution < 1.29 is 18.8 Å². The summed E-state index contributed by atoms with van der Waals surface area (Å²) in [6.45, 7) is -0.338. The van der Waals surface area contributed by atoms with E-state index in [1.807, 2.05) is 0 Å². The number of benzene rings is 2. The second kappa shape index (κ2) is 9.31. The Morgan fingerprint density at radius 1 is 0.897 bits per heavy atom. The highest BCUT2D eigenvalue weighted by molar-refractivity contribution is 7.17. The molecule has 1 heterocycles. The van der Waals surface area contributed by atoms with Gasteiger partial charge in [0.25, 0.3) is 17.7 Å². The van der Waals surface area contributed by atoms with Crippen molar-refractivity contribution in [2.75, 3.05) is 6.54 Å². The molecule has 148 valence electrons. The smallest absolute Gasteiger partial charge is 0.279 e. The van der Waals surface area contributed by atoms with Crippen molar-refractivity contribution in [2.45, 2.75) is 0 Å². The van der Waals surface area contributed by atoms with E-state index < -0.39 is 17.7 Å². The molecular formula is C20H15ClFN3O3S. The van der Waals surface area contributed by atoms with Gasteiger partial charge >= 0.3 is 0 Å². The molecule has 0 radical (unpaired) electrons. The van der Waals surface area contributed by atoms with E-state index in [0.717, 1.165) is 10.4 Å².